The Labute approximate surface area is 189 Å². The van der Waals surface area contributed by atoms with Gasteiger partial charge in [-0.15, -0.1) is 0 Å². The number of ether oxygens (including phenoxy) is 2. The van der Waals surface area contributed by atoms with E-state index < -0.39 is 0 Å². The molecule has 0 atom stereocenters. The molecule has 6 nitrogen and oxygen atoms in total. The van der Waals surface area contributed by atoms with Gasteiger partial charge in [0.15, 0.2) is 6.61 Å². The van der Waals surface area contributed by atoms with Crippen molar-refractivity contribution in [3.63, 3.8) is 0 Å². The fraction of sp³-hybridized carbons (Fsp3) is 0.167. The summed E-state index contributed by atoms with van der Waals surface area (Å²) in [6.45, 7) is 3.76. The number of nitrogens with one attached hydrogen (secondary N) is 2. The normalized spacial score (nSPS) is 10.5. The standard InChI is InChI=1S/C24H23BrN2O4/c1-16(2)31-22-12-11-17(13-21(22)25)24(29)27-19-8-6-7-18(14-19)26-23(28)15-30-20-9-4-3-5-10-20/h3-14,16H,15H2,1-2H3,(H,26,28)(H,27,29). The minimum atomic E-state index is -0.294. The Morgan fingerprint density at radius 3 is 2.29 bits per heavy atom. The van der Waals surface area contributed by atoms with Crippen LogP contribution < -0.4 is 20.1 Å². The summed E-state index contributed by atoms with van der Waals surface area (Å²) in [6, 6.07) is 21.2. The molecule has 0 aliphatic rings. The molecular weight excluding hydrogens is 460 g/mol. The number of rotatable bonds is 8. The number of para-hydroxylation sites is 1. The minimum absolute atomic E-state index is 0.0343. The molecule has 0 saturated carbocycles. The Kier molecular flexibility index (Phi) is 7.67. The summed E-state index contributed by atoms with van der Waals surface area (Å²) in [5.74, 6) is 0.730. The van der Waals surface area contributed by atoms with Crippen molar-refractivity contribution in [2.75, 3.05) is 17.2 Å². The number of benzene rings is 3. The van der Waals surface area contributed by atoms with Crippen LogP contribution in [0.4, 0.5) is 11.4 Å². The highest BCUT2D eigenvalue weighted by atomic mass is 79.9. The summed E-state index contributed by atoms with van der Waals surface area (Å²) in [5, 5.41) is 5.60. The lowest BCUT2D eigenvalue weighted by atomic mass is 10.2. The zero-order chi connectivity index (χ0) is 22.2. The van der Waals surface area contributed by atoms with E-state index in [1.54, 1.807) is 54.6 Å². The van der Waals surface area contributed by atoms with Crippen LogP contribution >= 0.6 is 15.9 Å². The summed E-state index contributed by atoms with van der Waals surface area (Å²) < 4.78 is 11.8. The van der Waals surface area contributed by atoms with E-state index in [9.17, 15) is 9.59 Å². The molecule has 0 spiro atoms. The highest BCUT2D eigenvalue weighted by Crippen LogP contribution is 2.27. The van der Waals surface area contributed by atoms with Gasteiger partial charge < -0.3 is 20.1 Å². The van der Waals surface area contributed by atoms with E-state index in [0.29, 0.717) is 32.9 Å². The van der Waals surface area contributed by atoms with Gasteiger partial charge in [0.25, 0.3) is 11.8 Å². The fourth-order valence-corrected chi connectivity index (χ4v) is 3.20. The van der Waals surface area contributed by atoms with Crippen molar-refractivity contribution in [3.05, 3.63) is 82.8 Å². The van der Waals surface area contributed by atoms with Crippen molar-refractivity contribution in [3.8, 4) is 11.5 Å². The van der Waals surface area contributed by atoms with Gasteiger partial charge in [0.2, 0.25) is 0 Å². The summed E-state index contributed by atoms with van der Waals surface area (Å²) >= 11 is 3.44. The largest absolute Gasteiger partial charge is 0.490 e. The van der Waals surface area contributed by atoms with Gasteiger partial charge in [-0.1, -0.05) is 24.3 Å². The van der Waals surface area contributed by atoms with Crippen LogP contribution in [0.25, 0.3) is 0 Å². The zero-order valence-corrected chi connectivity index (χ0v) is 18.8. The summed E-state index contributed by atoms with van der Waals surface area (Å²) in [7, 11) is 0. The molecule has 2 N–H and O–H groups in total. The van der Waals surface area contributed by atoms with Crippen molar-refractivity contribution in [2.24, 2.45) is 0 Å². The molecule has 0 heterocycles. The smallest absolute Gasteiger partial charge is 0.262 e. The second kappa shape index (κ2) is 10.6. The van der Waals surface area contributed by atoms with Gasteiger partial charge in [-0.05, 0) is 78.3 Å². The van der Waals surface area contributed by atoms with Gasteiger partial charge in [-0.25, -0.2) is 0 Å². The van der Waals surface area contributed by atoms with Crippen molar-refractivity contribution in [2.45, 2.75) is 20.0 Å². The third kappa shape index (κ3) is 6.86. The van der Waals surface area contributed by atoms with Gasteiger partial charge in [0, 0.05) is 16.9 Å². The van der Waals surface area contributed by atoms with Crippen molar-refractivity contribution < 1.29 is 19.1 Å². The number of anilines is 2. The predicted octanol–water partition coefficient (Wildman–Crippen LogP) is 5.51. The summed E-state index contributed by atoms with van der Waals surface area (Å²) in [4.78, 5) is 24.8. The Bertz CT molecular complexity index is 1050. The third-order valence-corrected chi connectivity index (χ3v) is 4.69. The lowest BCUT2D eigenvalue weighted by Crippen LogP contribution is -2.20. The molecule has 0 fully saturated rings. The lowest BCUT2D eigenvalue weighted by molar-refractivity contribution is -0.118. The Hall–Kier alpha value is -3.32. The zero-order valence-electron chi connectivity index (χ0n) is 17.2. The highest BCUT2D eigenvalue weighted by Gasteiger charge is 2.11. The molecule has 7 heteroatoms. The first kappa shape index (κ1) is 22.4. The fourth-order valence-electron chi connectivity index (χ4n) is 2.73. The third-order valence-electron chi connectivity index (χ3n) is 4.07. The average molecular weight is 483 g/mol. The first-order chi connectivity index (χ1) is 14.9. The molecule has 2 amide bonds. The maximum Gasteiger partial charge on any atom is 0.262 e. The SMILES string of the molecule is CC(C)Oc1ccc(C(=O)Nc2cccc(NC(=O)COc3ccccc3)c2)cc1Br. The molecule has 0 aromatic heterocycles. The molecule has 3 aromatic carbocycles. The van der Waals surface area contributed by atoms with Gasteiger partial charge in [0.05, 0.1) is 10.6 Å². The van der Waals surface area contributed by atoms with Crippen LogP contribution in [0.3, 0.4) is 0 Å². The number of hydrogen-bond donors (Lipinski definition) is 2. The predicted molar refractivity (Wildman–Crippen MR) is 125 cm³/mol. The Morgan fingerprint density at radius 1 is 0.903 bits per heavy atom. The Balaban J connectivity index is 1.59. The number of carbonyl (C=O) groups is 2. The van der Waals surface area contributed by atoms with Crippen LogP contribution in [0, 0.1) is 0 Å². The molecule has 0 saturated heterocycles. The number of halogens is 1. The second-order valence-electron chi connectivity index (χ2n) is 7.00. The molecule has 31 heavy (non-hydrogen) atoms. The van der Waals surface area contributed by atoms with E-state index in [0.717, 1.165) is 0 Å². The molecule has 0 aliphatic heterocycles. The van der Waals surface area contributed by atoms with Crippen LogP contribution in [-0.2, 0) is 4.79 Å². The van der Waals surface area contributed by atoms with E-state index in [-0.39, 0.29) is 24.5 Å². The first-order valence-corrected chi connectivity index (χ1v) is 10.6. The number of amides is 2. The maximum atomic E-state index is 12.6. The molecule has 0 bridgehead atoms. The molecule has 0 radical (unpaired) electrons. The van der Waals surface area contributed by atoms with E-state index in [4.69, 9.17) is 9.47 Å². The molecular formula is C24H23BrN2O4. The molecule has 160 valence electrons. The first-order valence-electron chi connectivity index (χ1n) is 9.76. The van der Waals surface area contributed by atoms with Crippen LogP contribution in [0.1, 0.15) is 24.2 Å². The average Bonchev–Trinajstić information content (AvgIpc) is 2.74. The van der Waals surface area contributed by atoms with Gasteiger partial charge in [-0.3, -0.25) is 9.59 Å². The molecule has 0 aliphatic carbocycles. The van der Waals surface area contributed by atoms with Gasteiger partial charge in [0.1, 0.15) is 11.5 Å². The van der Waals surface area contributed by atoms with E-state index in [2.05, 4.69) is 26.6 Å². The van der Waals surface area contributed by atoms with Crippen LogP contribution in [0.15, 0.2) is 77.3 Å². The van der Waals surface area contributed by atoms with Crippen LogP contribution in [-0.4, -0.2) is 24.5 Å². The second-order valence-corrected chi connectivity index (χ2v) is 7.85. The van der Waals surface area contributed by atoms with Crippen molar-refractivity contribution in [1.82, 2.24) is 0 Å². The van der Waals surface area contributed by atoms with E-state index >= 15 is 0 Å². The van der Waals surface area contributed by atoms with E-state index in [1.807, 2.05) is 32.0 Å². The monoisotopic (exact) mass is 482 g/mol. The minimum Gasteiger partial charge on any atom is -0.490 e. The highest BCUT2D eigenvalue weighted by molar-refractivity contribution is 9.10. The topological polar surface area (TPSA) is 76.7 Å². The maximum absolute atomic E-state index is 12.6. The Morgan fingerprint density at radius 2 is 1.61 bits per heavy atom. The summed E-state index contributed by atoms with van der Waals surface area (Å²) in [6.07, 6.45) is 0.0343. The molecule has 0 unspecified atom stereocenters. The lowest BCUT2D eigenvalue weighted by Gasteiger charge is -2.13. The van der Waals surface area contributed by atoms with Crippen LogP contribution in [0.5, 0.6) is 11.5 Å². The van der Waals surface area contributed by atoms with Crippen molar-refractivity contribution in [1.29, 1.82) is 0 Å². The number of carbonyl (C=O) groups excluding carboxylic acids is 2. The summed E-state index contributed by atoms with van der Waals surface area (Å²) in [5.41, 5.74) is 1.60. The van der Waals surface area contributed by atoms with Crippen molar-refractivity contribution >= 4 is 39.1 Å². The van der Waals surface area contributed by atoms with E-state index in [1.165, 1.54) is 0 Å². The molecule has 3 aromatic rings. The van der Waals surface area contributed by atoms with Gasteiger partial charge >= 0.3 is 0 Å². The molecule has 3 rings (SSSR count). The quantitative estimate of drug-likeness (QED) is 0.443. The number of hydrogen-bond acceptors (Lipinski definition) is 4. The van der Waals surface area contributed by atoms with Gasteiger partial charge in [-0.2, -0.15) is 0 Å². The van der Waals surface area contributed by atoms with Crippen LogP contribution in [0.2, 0.25) is 0 Å².